The molecule has 1 aromatic carbocycles. The highest BCUT2D eigenvalue weighted by molar-refractivity contribution is 5.96. The Morgan fingerprint density at radius 2 is 2.17 bits per heavy atom. The normalized spacial score (nSPS) is 14.8. The highest BCUT2D eigenvalue weighted by atomic mass is 16.2. The lowest BCUT2D eigenvalue weighted by molar-refractivity contribution is -0.119. The molecule has 2 aromatic rings. The topological polar surface area (TPSA) is 49.3 Å². The second-order valence-electron chi connectivity index (χ2n) is 6.09. The van der Waals surface area contributed by atoms with Crippen molar-refractivity contribution in [2.75, 3.05) is 25.0 Å². The van der Waals surface area contributed by atoms with E-state index in [9.17, 15) is 4.79 Å². The molecule has 5 heteroatoms. The number of carbonyl (C=O) groups excluding carboxylic acids is 1. The summed E-state index contributed by atoms with van der Waals surface area (Å²) in [6, 6.07) is 8.38. The zero-order valence-corrected chi connectivity index (χ0v) is 13.6. The molecular weight excluding hydrogens is 288 g/mol. The summed E-state index contributed by atoms with van der Waals surface area (Å²) >= 11 is 0. The molecule has 23 heavy (non-hydrogen) atoms. The number of aromatic nitrogens is 2. The first-order chi connectivity index (χ1) is 11.1. The Kier molecular flexibility index (Phi) is 4.67. The van der Waals surface area contributed by atoms with E-state index in [2.05, 4.69) is 27.9 Å². The van der Waals surface area contributed by atoms with Gasteiger partial charge in [-0.2, -0.15) is 0 Å². The molecule has 3 rings (SSSR count). The van der Waals surface area contributed by atoms with Crippen molar-refractivity contribution < 1.29 is 4.79 Å². The van der Waals surface area contributed by atoms with E-state index in [1.807, 2.05) is 30.1 Å². The molecule has 120 valence electrons. The molecule has 0 N–H and O–H groups in total. The third kappa shape index (κ3) is 3.56. The van der Waals surface area contributed by atoms with Crippen molar-refractivity contribution in [2.24, 2.45) is 0 Å². The average molecular weight is 310 g/mol. The van der Waals surface area contributed by atoms with E-state index in [0.29, 0.717) is 6.54 Å². The molecule has 0 spiro atoms. The zero-order chi connectivity index (χ0) is 16.2. The Morgan fingerprint density at radius 3 is 2.96 bits per heavy atom. The number of amides is 1. The van der Waals surface area contributed by atoms with Gasteiger partial charge >= 0.3 is 0 Å². The van der Waals surface area contributed by atoms with Gasteiger partial charge in [0.05, 0.1) is 12.2 Å². The first-order valence-electron chi connectivity index (χ1n) is 7.98. The van der Waals surface area contributed by atoms with Gasteiger partial charge in [0.1, 0.15) is 0 Å². The van der Waals surface area contributed by atoms with E-state index in [1.165, 1.54) is 5.56 Å². The molecule has 0 saturated heterocycles. The summed E-state index contributed by atoms with van der Waals surface area (Å²) < 4.78 is 0. The molecular formula is C18H22N4O. The highest BCUT2D eigenvalue weighted by Gasteiger charge is 2.25. The predicted molar refractivity (Wildman–Crippen MR) is 90.3 cm³/mol. The first-order valence-corrected chi connectivity index (χ1v) is 7.98. The van der Waals surface area contributed by atoms with Crippen LogP contribution in [0.25, 0.3) is 0 Å². The number of benzene rings is 1. The van der Waals surface area contributed by atoms with Crippen LogP contribution in [0.2, 0.25) is 0 Å². The van der Waals surface area contributed by atoms with Crippen LogP contribution in [0.15, 0.2) is 42.9 Å². The van der Waals surface area contributed by atoms with Gasteiger partial charge in [0.2, 0.25) is 5.91 Å². The van der Waals surface area contributed by atoms with Gasteiger partial charge in [0, 0.05) is 43.3 Å². The highest BCUT2D eigenvalue weighted by Crippen LogP contribution is 2.27. The van der Waals surface area contributed by atoms with Crippen LogP contribution in [-0.4, -0.2) is 47.0 Å². The van der Waals surface area contributed by atoms with Gasteiger partial charge in [-0.25, -0.2) is 0 Å². The van der Waals surface area contributed by atoms with Crippen LogP contribution >= 0.6 is 0 Å². The van der Waals surface area contributed by atoms with Crippen LogP contribution in [0.1, 0.15) is 18.2 Å². The summed E-state index contributed by atoms with van der Waals surface area (Å²) in [5.41, 5.74) is 3.27. The van der Waals surface area contributed by atoms with Crippen molar-refractivity contribution in [1.29, 1.82) is 0 Å². The number of para-hydroxylation sites is 1. The molecule has 0 radical (unpaired) electrons. The molecule has 5 nitrogen and oxygen atoms in total. The smallest absolute Gasteiger partial charge is 0.241 e. The van der Waals surface area contributed by atoms with E-state index in [0.717, 1.165) is 30.8 Å². The van der Waals surface area contributed by atoms with Crippen LogP contribution in [0.4, 0.5) is 5.69 Å². The molecule has 0 bridgehead atoms. The first kappa shape index (κ1) is 15.6. The Bertz CT molecular complexity index is 674. The van der Waals surface area contributed by atoms with Gasteiger partial charge in [-0.1, -0.05) is 18.2 Å². The lowest BCUT2D eigenvalue weighted by Gasteiger charge is -2.26. The Labute approximate surface area is 137 Å². The van der Waals surface area contributed by atoms with Crippen molar-refractivity contribution >= 4 is 11.6 Å². The van der Waals surface area contributed by atoms with Gasteiger partial charge in [-0.3, -0.25) is 19.7 Å². The van der Waals surface area contributed by atoms with Crippen LogP contribution in [-0.2, 0) is 17.6 Å². The van der Waals surface area contributed by atoms with E-state index in [1.54, 1.807) is 18.6 Å². The zero-order valence-electron chi connectivity index (χ0n) is 13.6. The Balaban J connectivity index is 1.59. The maximum Gasteiger partial charge on any atom is 0.241 e. The van der Waals surface area contributed by atoms with Gasteiger partial charge in [-0.05, 0) is 32.0 Å². The largest absolute Gasteiger partial charge is 0.311 e. The molecule has 0 fully saturated rings. The number of hydrogen-bond acceptors (Lipinski definition) is 4. The number of nitrogens with zero attached hydrogens (tertiary/aromatic N) is 4. The molecule has 1 aliphatic heterocycles. The van der Waals surface area contributed by atoms with Crippen molar-refractivity contribution in [1.82, 2.24) is 14.9 Å². The predicted octanol–water partition coefficient (Wildman–Crippen LogP) is 1.93. The van der Waals surface area contributed by atoms with E-state index < -0.39 is 0 Å². The maximum atomic E-state index is 12.6. The summed E-state index contributed by atoms with van der Waals surface area (Å²) in [4.78, 5) is 25.0. The van der Waals surface area contributed by atoms with Gasteiger partial charge in [0.25, 0.3) is 0 Å². The molecule has 1 atom stereocenters. The number of hydrogen-bond donors (Lipinski definition) is 0. The minimum Gasteiger partial charge on any atom is -0.311 e. The van der Waals surface area contributed by atoms with Crippen LogP contribution in [0.5, 0.6) is 0 Å². The van der Waals surface area contributed by atoms with E-state index in [4.69, 9.17) is 0 Å². The molecule has 1 aromatic heterocycles. The summed E-state index contributed by atoms with van der Waals surface area (Å²) in [5.74, 6) is 0.156. The minimum atomic E-state index is 0.156. The second kappa shape index (κ2) is 6.87. The SMILES string of the molecule is CC(Cc1cnccn1)N(C)CC(=O)N1CCc2ccccc21. The number of likely N-dealkylation sites (N-methyl/N-ethyl adjacent to an activating group) is 1. The van der Waals surface area contributed by atoms with E-state index >= 15 is 0 Å². The molecule has 1 aliphatic rings. The lowest BCUT2D eigenvalue weighted by Crippen LogP contribution is -2.42. The third-order valence-corrected chi connectivity index (χ3v) is 4.45. The third-order valence-electron chi connectivity index (χ3n) is 4.45. The summed E-state index contributed by atoms with van der Waals surface area (Å²) in [7, 11) is 1.99. The lowest BCUT2D eigenvalue weighted by atomic mass is 10.1. The molecule has 0 saturated carbocycles. The summed E-state index contributed by atoms with van der Waals surface area (Å²) in [6.45, 7) is 3.31. The number of anilines is 1. The quantitative estimate of drug-likeness (QED) is 0.847. The Morgan fingerprint density at radius 1 is 1.35 bits per heavy atom. The molecule has 2 heterocycles. The van der Waals surface area contributed by atoms with Gasteiger partial charge < -0.3 is 4.90 Å². The van der Waals surface area contributed by atoms with Crippen molar-refractivity contribution in [3.05, 3.63) is 54.1 Å². The molecule has 0 aliphatic carbocycles. The molecule has 1 unspecified atom stereocenters. The summed E-state index contributed by atoms with van der Waals surface area (Å²) in [5, 5.41) is 0. The minimum absolute atomic E-state index is 0.156. The van der Waals surface area contributed by atoms with Crippen molar-refractivity contribution in [2.45, 2.75) is 25.8 Å². The fraction of sp³-hybridized carbons (Fsp3) is 0.389. The maximum absolute atomic E-state index is 12.6. The second-order valence-corrected chi connectivity index (χ2v) is 6.09. The number of fused-ring (bicyclic) bond motifs is 1. The fourth-order valence-corrected chi connectivity index (χ4v) is 2.95. The van der Waals surface area contributed by atoms with Gasteiger partial charge in [-0.15, -0.1) is 0 Å². The van der Waals surface area contributed by atoms with Gasteiger partial charge in [0.15, 0.2) is 0 Å². The fourth-order valence-electron chi connectivity index (χ4n) is 2.95. The number of carbonyl (C=O) groups is 1. The van der Waals surface area contributed by atoms with Crippen LogP contribution < -0.4 is 4.90 Å². The number of rotatable bonds is 5. The molecule has 1 amide bonds. The standard InChI is InChI=1S/C18H22N4O/c1-14(11-16-12-19-8-9-20-16)21(2)13-18(23)22-10-7-15-5-3-4-6-17(15)22/h3-6,8-9,12,14H,7,10-11,13H2,1-2H3. The van der Waals surface area contributed by atoms with E-state index in [-0.39, 0.29) is 11.9 Å². The Hall–Kier alpha value is -2.27. The summed E-state index contributed by atoms with van der Waals surface area (Å²) in [6.07, 6.45) is 6.89. The van der Waals surface area contributed by atoms with Crippen LogP contribution in [0, 0.1) is 0 Å². The average Bonchev–Trinajstić information content (AvgIpc) is 2.99. The van der Waals surface area contributed by atoms with Crippen molar-refractivity contribution in [3.63, 3.8) is 0 Å². The van der Waals surface area contributed by atoms with Crippen LogP contribution in [0.3, 0.4) is 0 Å². The van der Waals surface area contributed by atoms with Crippen molar-refractivity contribution in [3.8, 4) is 0 Å². The monoisotopic (exact) mass is 310 g/mol.